The summed E-state index contributed by atoms with van der Waals surface area (Å²) in [4.78, 5) is 55.4. The van der Waals surface area contributed by atoms with Crippen molar-refractivity contribution in [2.24, 2.45) is 23.7 Å². The van der Waals surface area contributed by atoms with Crippen LogP contribution < -0.4 is 14.8 Å². The number of hydrogen-bond donors (Lipinski definition) is 5. The molecular weight excluding hydrogens is 764 g/mol. The number of anilines is 1. The number of phenolic OH excluding ortho intramolecular Hbond substituents is 2. The highest BCUT2D eigenvalue weighted by molar-refractivity contribution is 6.21. The molecule has 1 saturated heterocycles. The number of benzene rings is 2. The van der Waals surface area contributed by atoms with Gasteiger partial charge in [-0.25, -0.2) is 0 Å². The van der Waals surface area contributed by atoms with Gasteiger partial charge in [-0.15, -0.1) is 0 Å². The fourth-order valence-electron chi connectivity index (χ4n) is 8.12. The molecule has 0 saturated carbocycles. The summed E-state index contributed by atoms with van der Waals surface area (Å²) in [6.45, 7) is 13.3. The molecule has 0 aromatic heterocycles. The highest BCUT2D eigenvalue weighted by Crippen LogP contribution is 2.54. The predicted octanol–water partition coefficient (Wildman–Crippen LogP) is 5.44. The number of nitrogens with one attached hydrogen (secondary N) is 1. The molecular formula is C44H58N2O13. The lowest BCUT2D eigenvalue weighted by Crippen LogP contribution is -2.46. The third kappa shape index (κ3) is 9.22. The third-order valence-corrected chi connectivity index (χ3v) is 11.9. The lowest BCUT2D eigenvalue weighted by molar-refractivity contribution is -0.160. The van der Waals surface area contributed by atoms with Gasteiger partial charge in [-0.3, -0.25) is 19.2 Å². The summed E-state index contributed by atoms with van der Waals surface area (Å²) in [6.07, 6.45) is 6.35. The summed E-state index contributed by atoms with van der Waals surface area (Å²) in [5, 5.41) is 48.5. The molecule has 0 radical (unpaired) electrons. The minimum absolute atomic E-state index is 0.0460. The van der Waals surface area contributed by atoms with Crippen LogP contribution in [0.4, 0.5) is 5.69 Å². The van der Waals surface area contributed by atoms with Crippen LogP contribution in [0.3, 0.4) is 0 Å². The molecule has 15 nitrogen and oxygen atoms in total. The number of ether oxygens (including phenoxy) is 5. The maximum atomic E-state index is 14.5. The zero-order chi connectivity index (χ0) is 43.5. The topological polar surface area (TPSA) is 211 Å². The van der Waals surface area contributed by atoms with Crippen molar-refractivity contribution in [3.05, 3.63) is 53.3 Å². The molecule has 0 aliphatic carbocycles. The summed E-state index contributed by atoms with van der Waals surface area (Å²) >= 11 is 0. The van der Waals surface area contributed by atoms with Gasteiger partial charge in [0.1, 0.15) is 23.4 Å². The van der Waals surface area contributed by atoms with Gasteiger partial charge in [-0.2, -0.15) is 0 Å². The second kappa shape index (κ2) is 18.4. The van der Waals surface area contributed by atoms with Gasteiger partial charge in [-0.1, -0.05) is 45.9 Å². The quantitative estimate of drug-likeness (QED) is 0.188. The largest absolute Gasteiger partial charge is 0.507 e. The summed E-state index contributed by atoms with van der Waals surface area (Å²) < 4.78 is 29.8. The average Bonchev–Trinajstić information content (AvgIpc) is 3.48. The highest BCUT2D eigenvalue weighted by atomic mass is 16.7. The first-order chi connectivity index (χ1) is 27.8. The third-order valence-electron chi connectivity index (χ3n) is 11.9. The van der Waals surface area contributed by atoms with Crippen molar-refractivity contribution in [3.8, 4) is 23.0 Å². The fraction of sp³-hybridized carbons (Fsp3) is 0.545. The number of phenols is 2. The minimum atomic E-state index is -2.01. The first-order valence-electron chi connectivity index (χ1n) is 20.1. The van der Waals surface area contributed by atoms with Crippen molar-refractivity contribution < 1.29 is 63.3 Å². The Labute approximate surface area is 344 Å². The Morgan fingerprint density at radius 1 is 0.949 bits per heavy atom. The smallest absolute Gasteiger partial charge is 0.312 e. The van der Waals surface area contributed by atoms with Crippen molar-refractivity contribution in [2.45, 2.75) is 105 Å². The number of hydrogen-bond acceptors (Lipinski definition) is 13. The van der Waals surface area contributed by atoms with Crippen LogP contribution in [0, 0.1) is 30.6 Å². The second-order valence-corrected chi connectivity index (χ2v) is 16.1. The van der Waals surface area contributed by atoms with Gasteiger partial charge in [0.15, 0.2) is 12.4 Å². The number of Topliss-reactive ketones (excluding diaryl/α,β-unsaturated/α-hetero) is 1. The first-order valence-corrected chi connectivity index (χ1v) is 20.1. The summed E-state index contributed by atoms with van der Waals surface area (Å²) in [5.74, 6) is -7.84. The number of ketones is 1. The molecule has 9 atom stereocenters. The van der Waals surface area contributed by atoms with Crippen molar-refractivity contribution in [2.75, 3.05) is 32.1 Å². The molecule has 2 aromatic rings. The van der Waals surface area contributed by atoms with Gasteiger partial charge >= 0.3 is 11.8 Å². The lowest BCUT2D eigenvalue weighted by Gasteiger charge is -2.38. The van der Waals surface area contributed by atoms with Crippen LogP contribution in [0.1, 0.15) is 83.7 Å². The maximum Gasteiger partial charge on any atom is 0.312 e. The Morgan fingerprint density at radius 3 is 2.27 bits per heavy atom. The summed E-state index contributed by atoms with van der Waals surface area (Å²) in [7, 11) is 1.44. The van der Waals surface area contributed by atoms with E-state index in [1.54, 1.807) is 44.7 Å². The minimum Gasteiger partial charge on any atom is -0.507 e. The van der Waals surface area contributed by atoms with Crippen LogP contribution in [-0.4, -0.2) is 106 Å². The number of carbonyl (C=O) groups excluding carboxylic acids is 4. The Kier molecular flexibility index (Phi) is 14.0. The number of piperidine rings is 1. The van der Waals surface area contributed by atoms with Gasteiger partial charge < -0.3 is 54.3 Å². The molecule has 5 N–H and O–H groups in total. The number of rotatable bonds is 5. The van der Waals surface area contributed by atoms with Crippen LogP contribution in [0.15, 0.2) is 42.2 Å². The summed E-state index contributed by atoms with van der Waals surface area (Å²) in [6, 6.07) is 1.29. The van der Waals surface area contributed by atoms with Crippen LogP contribution in [-0.2, 0) is 28.6 Å². The van der Waals surface area contributed by atoms with E-state index in [0.29, 0.717) is 13.1 Å². The predicted molar refractivity (Wildman–Crippen MR) is 218 cm³/mol. The Bertz CT molecular complexity index is 2040. The first kappa shape index (κ1) is 45.0. The van der Waals surface area contributed by atoms with E-state index >= 15 is 0 Å². The number of fused-ring (bicyclic) bond motifs is 14. The van der Waals surface area contributed by atoms with Crippen molar-refractivity contribution in [1.82, 2.24) is 4.90 Å². The molecule has 4 aliphatic heterocycles. The van der Waals surface area contributed by atoms with E-state index < -0.39 is 89.6 Å². The van der Waals surface area contributed by atoms with Crippen molar-refractivity contribution in [1.29, 1.82) is 0 Å². The van der Waals surface area contributed by atoms with Crippen molar-refractivity contribution in [3.63, 3.8) is 0 Å². The number of aliphatic hydroxyl groups excluding tert-OH is 2. The molecule has 4 heterocycles. The molecule has 2 amide bonds. The second-order valence-electron chi connectivity index (χ2n) is 16.1. The molecule has 0 spiro atoms. The van der Waals surface area contributed by atoms with Crippen LogP contribution in [0.5, 0.6) is 23.0 Å². The molecule has 6 rings (SSSR count). The van der Waals surface area contributed by atoms with E-state index in [2.05, 4.69) is 5.32 Å². The zero-order valence-corrected chi connectivity index (χ0v) is 35.2. The van der Waals surface area contributed by atoms with E-state index in [1.165, 1.54) is 59.3 Å². The van der Waals surface area contributed by atoms with E-state index in [9.17, 15) is 39.6 Å². The number of aliphatic hydroxyl groups is 2. The van der Waals surface area contributed by atoms with E-state index in [-0.39, 0.29) is 50.6 Å². The molecule has 4 aliphatic rings. The highest BCUT2D eigenvalue weighted by Gasteiger charge is 2.50. The fourth-order valence-corrected chi connectivity index (χ4v) is 8.12. The van der Waals surface area contributed by atoms with E-state index in [0.717, 1.165) is 19.3 Å². The molecule has 15 heteroatoms. The molecule has 5 bridgehead atoms. The van der Waals surface area contributed by atoms with E-state index in [4.69, 9.17) is 23.7 Å². The standard InChI is InChI=1S/C44H58N2O13/c1-22-14-13-15-23(2)43(54)45-29-20-31(56-21-32(48)46-17-11-10-12-18-46)33-34(39(29)52)38(51)27(6)41-35(33)42(53)44(8,59-41)57-19-16-30(55-9)24(3)40(58-28(7)47)26(5)37(50)25(4)36(22)49/h13-16,19-20,22,24-26,30,36-37,40,49-52H,10-12,17-18,21H2,1-9H3,(H,45,54)/b14-13+,19-16+,23-15-. The van der Waals surface area contributed by atoms with Crippen LogP contribution >= 0.6 is 0 Å². The molecule has 9 unspecified atom stereocenters. The number of allylic oxidation sites excluding steroid dienone is 2. The molecule has 2 aromatic carbocycles. The van der Waals surface area contributed by atoms with E-state index in [1.807, 2.05) is 0 Å². The van der Waals surface area contributed by atoms with Crippen LogP contribution in [0.2, 0.25) is 0 Å². The van der Waals surface area contributed by atoms with Gasteiger partial charge in [-0.05, 0) is 39.2 Å². The molecule has 59 heavy (non-hydrogen) atoms. The Balaban J connectivity index is 1.66. The van der Waals surface area contributed by atoms with Crippen molar-refractivity contribution >= 4 is 40.0 Å². The SMILES string of the molecule is COC1/C=C/OC2(C)Oc3c(C)c(O)c4c(O)c(cc(OCC(=O)N5CCCCC5)c4c3C2=O)NC(=O)/C(C)=C\C=C\C(C)C(O)C(C)C(O)C(C)C(OC(C)=O)C1C. The lowest BCUT2D eigenvalue weighted by atomic mass is 9.78. The maximum absolute atomic E-state index is 14.5. The summed E-state index contributed by atoms with van der Waals surface area (Å²) in [5.41, 5.74) is 0.0368. The average molecular weight is 823 g/mol. The zero-order valence-electron chi connectivity index (χ0n) is 35.2. The number of carbonyl (C=O) groups is 4. The van der Waals surface area contributed by atoms with Gasteiger partial charge in [0, 0.05) is 80.3 Å². The van der Waals surface area contributed by atoms with Crippen LogP contribution in [0.25, 0.3) is 10.8 Å². The monoisotopic (exact) mass is 822 g/mol. The Hall–Kier alpha value is -5.12. The normalized spacial score (nSPS) is 31.4. The number of aromatic hydroxyl groups is 2. The molecule has 1 fully saturated rings. The van der Waals surface area contributed by atoms with Gasteiger partial charge in [0.25, 0.3) is 17.6 Å². The number of amides is 2. The number of methoxy groups -OCH3 is 1. The van der Waals surface area contributed by atoms with Gasteiger partial charge in [0.05, 0.1) is 41.2 Å². The number of nitrogens with zero attached hydrogens (tertiary/aromatic N) is 1. The molecule has 322 valence electrons. The Morgan fingerprint density at radius 2 is 1.63 bits per heavy atom. The number of esters is 1. The van der Waals surface area contributed by atoms with Gasteiger partial charge in [0.2, 0.25) is 0 Å². The number of likely N-dealkylation sites (tertiary alicyclic amines) is 1.